The van der Waals surface area contributed by atoms with Crippen molar-refractivity contribution in [2.24, 2.45) is 5.41 Å². The second-order valence-electron chi connectivity index (χ2n) is 9.95. The molecule has 0 saturated carbocycles. The first kappa shape index (κ1) is 23.3. The molecule has 3 fully saturated rings. The van der Waals surface area contributed by atoms with Gasteiger partial charge in [-0.05, 0) is 31.4 Å². The maximum atomic E-state index is 13.4. The molecule has 3 aliphatic rings. The van der Waals surface area contributed by atoms with Crippen LogP contribution in [0.1, 0.15) is 29.6 Å². The van der Waals surface area contributed by atoms with Crippen molar-refractivity contribution in [2.75, 3.05) is 57.3 Å². The first-order valence-electron chi connectivity index (χ1n) is 12.0. The van der Waals surface area contributed by atoms with E-state index >= 15 is 0 Å². The molecule has 10 heteroatoms. The van der Waals surface area contributed by atoms with Gasteiger partial charge in [0.2, 0.25) is 5.91 Å². The molecule has 5 rings (SSSR count). The Labute approximate surface area is 199 Å². The van der Waals surface area contributed by atoms with Crippen LogP contribution in [0, 0.1) is 5.41 Å². The van der Waals surface area contributed by atoms with E-state index in [1.54, 1.807) is 0 Å². The molecular weight excluding hydrogens is 456 g/mol. The predicted octanol–water partition coefficient (Wildman–Crippen LogP) is 0.714. The molecule has 0 radical (unpaired) electrons. The number of aliphatic hydroxyl groups excluding tert-OH is 1. The van der Waals surface area contributed by atoms with Crippen LogP contribution < -0.4 is 0 Å². The monoisotopic (exact) mass is 488 g/mol. The number of aromatic nitrogens is 1. The largest absolute Gasteiger partial charge is 0.392 e. The summed E-state index contributed by atoms with van der Waals surface area (Å²) in [6.45, 7) is 3.10. The number of hydrogen-bond acceptors (Lipinski definition) is 6. The average molecular weight is 489 g/mol. The molecule has 0 aliphatic carbocycles. The predicted molar refractivity (Wildman–Crippen MR) is 128 cm³/mol. The third-order valence-electron chi connectivity index (χ3n) is 7.90. The highest BCUT2D eigenvalue weighted by Gasteiger charge is 2.46. The number of nitrogens with one attached hydrogen (secondary N) is 1. The number of likely N-dealkylation sites (tertiary alicyclic amines) is 2. The van der Waals surface area contributed by atoms with Gasteiger partial charge in [-0.15, -0.1) is 0 Å². The average Bonchev–Trinajstić information content (AvgIpc) is 3.31. The first-order valence-corrected chi connectivity index (χ1v) is 13.8. The van der Waals surface area contributed by atoms with E-state index < -0.39 is 21.4 Å². The van der Waals surface area contributed by atoms with Crippen LogP contribution in [0.3, 0.4) is 0 Å². The molecule has 3 aliphatic heterocycles. The standard InChI is InChI=1S/C24H32N4O5S/c29-20-5-9-28(23(31)19-3-1-2-18-4-8-25-22(18)19)17-24(20)6-10-27(11-7-24)21(30)16-26-12-14-34(32,33)15-13-26/h1-4,8,20,25,29H,5-7,9-17H2. The fourth-order valence-corrected chi connectivity index (χ4v) is 6.92. The van der Waals surface area contributed by atoms with Crippen molar-refractivity contribution in [1.29, 1.82) is 0 Å². The lowest BCUT2D eigenvalue weighted by Gasteiger charge is -2.50. The highest BCUT2D eigenvalue weighted by Crippen LogP contribution is 2.40. The minimum Gasteiger partial charge on any atom is -0.392 e. The van der Waals surface area contributed by atoms with Crippen LogP contribution in [-0.4, -0.2) is 108 Å². The molecule has 1 aromatic carbocycles. The SMILES string of the molecule is O=C(CN1CCS(=O)(=O)CC1)N1CCC2(CC1)CN(C(=O)c1cccc3cc[nH]c13)CCC2O. The number of rotatable bonds is 3. The van der Waals surface area contributed by atoms with Gasteiger partial charge in [0.15, 0.2) is 9.84 Å². The van der Waals surface area contributed by atoms with Gasteiger partial charge in [0.1, 0.15) is 0 Å². The maximum absolute atomic E-state index is 13.4. The van der Waals surface area contributed by atoms with E-state index in [0.717, 1.165) is 10.9 Å². The Bertz CT molecular complexity index is 1170. The van der Waals surface area contributed by atoms with E-state index in [4.69, 9.17) is 0 Å². The number of carbonyl (C=O) groups excluding carboxylic acids is 2. The zero-order chi connectivity index (χ0) is 23.9. The number of amides is 2. The van der Waals surface area contributed by atoms with Crippen molar-refractivity contribution in [3.8, 4) is 0 Å². The Kier molecular flexibility index (Phi) is 6.16. The van der Waals surface area contributed by atoms with Crippen molar-refractivity contribution in [3.05, 3.63) is 36.0 Å². The topological polar surface area (TPSA) is 114 Å². The number of fused-ring (bicyclic) bond motifs is 1. The van der Waals surface area contributed by atoms with E-state index in [2.05, 4.69) is 4.98 Å². The molecule has 3 saturated heterocycles. The summed E-state index contributed by atoms with van der Waals surface area (Å²) in [7, 11) is -2.97. The Morgan fingerprint density at radius 2 is 1.76 bits per heavy atom. The normalized spacial score (nSPS) is 25.0. The van der Waals surface area contributed by atoms with Crippen molar-refractivity contribution in [2.45, 2.75) is 25.4 Å². The van der Waals surface area contributed by atoms with Gasteiger partial charge in [-0.1, -0.05) is 12.1 Å². The minimum absolute atomic E-state index is 0.00537. The fraction of sp³-hybridized carbons (Fsp3) is 0.583. The Balaban J connectivity index is 1.22. The number of piperidine rings is 2. The second-order valence-corrected chi connectivity index (χ2v) is 12.3. The number of aliphatic hydroxyl groups is 1. The number of hydrogen-bond donors (Lipinski definition) is 2. The zero-order valence-corrected chi connectivity index (χ0v) is 20.1. The number of aromatic amines is 1. The summed E-state index contributed by atoms with van der Waals surface area (Å²) in [5.41, 5.74) is 1.07. The molecule has 1 spiro atoms. The fourth-order valence-electron chi connectivity index (χ4n) is 5.65. The molecular formula is C24H32N4O5S. The smallest absolute Gasteiger partial charge is 0.256 e. The third kappa shape index (κ3) is 4.46. The Morgan fingerprint density at radius 3 is 2.50 bits per heavy atom. The van der Waals surface area contributed by atoms with Crippen molar-refractivity contribution in [3.63, 3.8) is 0 Å². The van der Waals surface area contributed by atoms with E-state index in [1.165, 1.54) is 0 Å². The molecule has 34 heavy (non-hydrogen) atoms. The number of para-hydroxylation sites is 1. The van der Waals surface area contributed by atoms with E-state index in [-0.39, 0.29) is 29.9 Å². The van der Waals surface area contributed by atoms with E-state index in [0.29, 0.717) is 64.1 Å². The quantitative estimate of drug-likeness (QED) is 0.658. The molecule has 2 N–H and O–H groups in total. The summed E-state index contributed by atoms with van der Waals surface area (Å²) < 4.78 is 23.3. The number of benzene rings is 1. The lowest BCUT2D eigenvalue weighted by molar-refractivity contribution is -0.138. The van der Waals surface area contributed by atoms with Crippen LogP contribution in [-0.2, 0) is 14.6 Å². The van der Waals surface area contributed by atoms with Crippen LogP contribution in [0.15, 0.2) is 30.5 Å². The lowest BCUT2D eigenvalue weighted by Crippen LogP contribution is -2.58. The third-order valence-corrected chi connectivity index (χ3v) is 9.51. The van der Waals surface area contributed by atoms with Gasteiger partial charge in [-0.2, -0.15) is 0 Å². The molecule has 1 atom stereocenters. The lowest BCUT2D eigenvalue weighted by atomic mass is 9.70. The molecule has 1 aromatic heterocycles. The molecule has 2 amide bonds. The summed E-state index contributed by atoms with van der Waals surface area (Å²) in [5.74, 6) is 0.189. The Hall–Kier alpha value is -2.43. The summed E-state index contributed by atoms with van der Waals surface area (Å²) in [6, 6.07) is 7.65. The van der Waals surface area contributed by atoms with Gasteiger partial charge in [-0.25, -0.2) is 8.42 Å². The van der Waals surface area contributed by atoms with Gasteiger partial charge >= 0.3 is 0 Å². The van der Waals surface area contributed by atoms with Crippen LogP contribution in [0.5, 0.6) is 0 Å². The van der Waals surface area contributed by atoms with Gasteiger partial charge < -0.3 is 19.9 Å². The van der Waals surface area contributed by atoms with Crippen molar-refractivity contribution >= 4 is 32.6 Å². The highest BCUT2D eigenvalue weighted by molar-refractivity contribution is 7.91. The highest BCUT2D eigenvalue weighted by atomic mass is 32.2. The van der Waals surface area contributed by atoms with Crippen molar-refractivity contribution < 1.29 is 23.1 Å². The van der Waals surface area contributed by atoms with Crippen LogP contribution in [0.4, 0.5) is 0 Å². The molecule has 9 nitrogen and oxygen atoms in total. The molecule has 4 heterocycles. The number of H-pyrrole nitrogens is 1. The number of carbonyl (C=O) groups is 2. The summed E-state index contributed by atoms with van der Waals surface area (Å²) >= 11 is 0. The van der Waals surface area contributed by atoms with E-state index in [9.17, 15) is 23.1 Å². The molecule has 2 aromatic rings. The summed E-state index contributed by atoms with van der Waals surface area (Å²) in [5, 5.41) is 11.9. The molecule has 184 valence electrons. The van der Waals surface area contributed by atoms with Crippen LogP contribution >= 0.6 is 0 Å². The van der Waals surface area contributed by atoms with Crippen LogP contribution in [0.25, 0.3) is 10.9 Å². The van der Waals surface area contributed by atoms with E-state index in [1.807, 2.05) is 45.2 Å². The zero-order valence-electron chi connectivity index (χ0n) is 19.3. The number of sulfone groups is 1. The van der Waals surface area contributed by atoms with Gasteiger partial charge in [-0.3, -0.25) is 14.5 Å². The Morgan fingerprint density at radius 1 is 1.03 bits per heavy atom. The van der Waals surface area contributed by atoms with Gasteiger partial charge in [0, 0.05) is 56.3 Å². The molecule has 1 unspecified atom stereocenters. The summed E-state index contributed by atoms with van der Waals surface area (Å²) in [4.78, 5) is 35.0. The maximum Gasteiger partial charge on any atom is 0.256 e. The first-order chi connectivity index (χ1) is 16.3. The van der Waals surface area contributed by atoms with Gasteiger partial charge in [0.05, 0.1) is 35.2 Å². The molecule has 0 bridgehead atoms. The van der Waals surface area contributed by atoms with Crippen molar-refractivity contribution in [1.82, 2.24) is 19.7 Å². The van der Waals surface area contributed by atoms with Gasteiger partial charge in [0.25, 0.3) is 5.91 Å². The second kappa shape index (κ2) is 8.98. The minimum atomic E-state index is -2.97. The summed E-state index contributed by atoms with van der Waals surface area (Å²) in [6.07, 6.45) is 3.15. The van der Waals surface area contributed by atoms with Crippen LogP contribution in [0.2, 0.25) is 0 Å². The number of nitrogens with zero attached hydrogens (tertiary/aromatic N) is 3.